The molecule has 3 fully saturated rings. The van der Waals surface area contributed by atoms with Crippen LogP contribution in [0.15, 0.2) is 0 Å². The van der Waals surface area contributed by atoms with E-state index in [4.69, 9.17) is 0 Å². The van der Waals surface area contributed by atoms with Crippen molar-refractivity contribution in [3.05, 3.63) is 0 Å². The van der Waals surface area contributed by atoms with Crippen LogP contribution in [-0.2, 0) is 0 Å². The molecule has 0 spiro atoms. The minimum atomic E-state index is 0.766. The highest BCUT2D eigenvalue weighted by Crippen LogP contribution is 2.36. The molecule has 3 heteroatoms. The molecule has 4 atom stereocenters. The second kappa shape index (κ2) is 6.97. The Morgan fingerprint density at radius 3 is 2.33 bits per heavy atom. The summed E-state index contributed by atoms with van der Waals surface area (Å²) in [4.78, 5) is 5.56. The van der Waals surface area contributed by atoms with Gasteiger partial charge in [0.25, 0.3) is 0 Å². The van der Waals surface area contributed by atoms with E-state index in [0.717, 1.165) is 30.2 Å². The number of fused-ring (bicyclic) bond motifs is 2. The zero-order valence-electron chi connectivity index (χ0n) is 14.4. The Balaban J connectivity index is 1.55. The lowest BCUT2D eigenvalue weighted by Crippen LogP contribution is -2.59. The molecular formula is C18H35N3. The van der Waals surface area contributed by atoms with Gasteiger partial charge in [-0.05, 0) is 65.5 Å². The number of nitrogens with one attached hydrogen (secondary N) is 1. The van der Waals surface area contributed by atoms with Crippen LogP contribution in [0.4, 0.5) is 0 Å². The van der Waals surface area contributed by atoms with Gasteiger partial charge in [0, 0.05) is 36.8 Å². The maximum Gasteiger partial charge on any atom is 0.0128 e. The summed E-state index contributed by atoms with van der Waals surface area (Å²) in [6.45, 7) is 7.24. The van der Waals surface area contributed by atoms with E-state index in [9.17, 15) is 0 Å². The first kappa shape index (κ1) is 15.8. The summed E-state index contributed by atoms with van der Waals surface area (Å²) in [5, 5.41) is 3.74. The van der Waals surface area contributed by atoms with Gasteiger partial charge in [-0.15, -0.1) is 0 Å². The van der Waals surface area contributed by atoms with Crippen molar-refractivity contribution in [1.82, 2.24) is 15.1 Å². The molecule has 3 saturated heterocycles. The topological polar surface area (TPSA) is 18.5 Å². The average molecular weight is 293 g/mol. The fraction of sp³-hybridized carbons (Fsp3) is 1.00. The number of likely N-dealkylation sites (tertiary alicyclic amines) is 1. The molecule has 21 heavy (non-hydrogen) atoms. The molecule has 122 valence electrons. The summed E-state index contributed by atoms with van der Waals surface area (Å²) in [5.74, 6) is 0. The monoisotopic (exact) mass is 293 g/mol. The number of hydrogen-bond donors (Lipinski definition) is 1. The lowest BCUT2D eigenvalue weighted by Gasteiger charge is -2.52. The Labute approximate surface area is 131 Å². The summed E-state index contributed by atoms with van der Waals surface area (Å²) in [7, 11) is 2.37. The average Bonchev–Trinajstić information content (AvgIpc) is 2.45. The van der Waals surface area contributed by atoms with Gasteiger partial charge in [-0.2, -0.15) is 0 Å². The largest absolute Gasteiger partial charge is 0.314 e. The van der Waals surface area contributed by atoms with E-state index in [1.54, 1.807) is 0 Å². The summed E-state index contributed by atoms with van der Waals surface area (Å²) in [6, 6.07) is 4.12. The molecule has 0 aromatic rings. The molecule has 4 unspecified atom stereocenters. The highest BCUT2D eigenvalue weighted by molar-refractivity contribution is 4.97. The van der Waals surface area contributed by atoms with E-state index in [2.05, 4.69) is 36.0 Å². The van der Waals surface area contributed by atoms with Gasteiger partial charge in [-0.1, -0.05) is 13.3 Å². The molecule has 0 amide bonds. The van der Waals surface area contributed by atoms with Crippen molar-refractivity contribution < 1.29 is 0 Å². The van der Waals surface area contributed by atoms with Crippen molar-refractivity contribution in [2.75, 3.05) is 20.1 Å². The molecule has 3 aliphatic heterocycles. The van der Waals surface area contributed by atoms with Crippen molar-refractivity contribution in [3.8, 4) is 0 Å². The smallest absolute Gasteiger partial charge is 0.0128 e. The quantitative estimate of drug-likeness (QED) is 0.860. The predicted octanol–water partition coefficient (Wildman–Crippen LogP) is 2.85. The fourth-order valence-corrected chi connectivity index (χ4v) is 5.12. The summed E-state index contributed by atoms with van der Waals surface area (Å²) < 4.78 is 0. The van der Waals surface area contributed by atoms with E-state index in [1.165, 1.54) is 64.5 Å². The van der Waals surface area contributed by atoms with Gasteiger partial charge >= 0.3 is 0 Å². The first-order valence-corrected chi connectivity index (χ1v) is 9.40. The standard InChI is InChI=1S/C18H35N3/c1-4-9-19-15-8-10-21(14(2)11-15)18-12-16-6-5-7-17(13-18)20(16)3/h14-19H,4-13H2,1-3H3. The van der Waals surface area contributed by atoms with Crippen LogP contribution in [-0.4, -0.2) is 60.1 Å². The van der Waals surface area contributed by atoms with Crippen molar-refractivity contribution in [2.24, 2.45) is 0 Å². The Morgan fingerprint density at radius 2 is 1.71 bits per heavy atom. The van der Waals surface area contributed by atoms with Crippen LogP contribution in [0.5, 0.6) is 0 Å². The molecule has 3 nitrogen and oxygen atoms in total. The van der Waals surface area contributed by atoms with Gasteiger partial charge in [-0.25, -0.2) is 0 Å². The minimum Gasteiger partial charge on any atom is -0.314 e. The number of rotatable bonds is 4. The van der Waals surface area contributed by atoms with Crippen LogP contribution < -0.4 is 5.32 Å². The van der Waals surface area contributed by atoms with Gasteiger partial charge in [0.1, 0.15) is 0 Å². The van der Waals surface area contributed by atoms with Crippen LogP contribution >= 0.6 is 0 Å². The van der Waals surface area contributed by atoms with Crippen molar-refractivity contribution in [3.63, 3.8) is 0 Å². The van der Waals surface area contributed by atoms with Crippen molar-refractivity contribution in [1.29, 1.82) is 0 Å². The number of nitrogens with zero attached hydrogens (tertiary/aromatic N) is 2. The Hall–Kier alpha value is -0.120. The molecule has 0 aliphatic carbocycles. The summed E-state index contributed by atoms with van der Waals surface area (Å²) in [5.41, 5.74) is 0. The van der Waals surface area contributed by atoms with Gasteiger partial charge in [0.2, 0.25) is 0 Å². The van der Waals surface area contributed by atoms with Gasteiger partial charge in [0.15, 0.2) is 0 Å². The SMILES string of the molecule is CCCNC1CCN(C2CC3CCCC(C2)N3C)C(C)C1. The molecule has 0 aromatic heterocycles. The lowest BCUT2D eigenvalue weighted by molar-refractivity contribution is -0.0158. The molecule has 0 radical (unpaired) electrons. The number of piperidine rings is 3. The first-order valence-electron chi connectivity index (χ1n) is 9.40. The molecule has 3 heterocycles. The molecule has 0 saturated carbocycles. The second-order valence-electron chi connectivity index (χ2n) is 7.79. The van der Waals surface area contributed by atoms with Gasteiger partial charge in [-0.3, -0.25) is 4.90 Å². The second-order valence-corrected chi connectivity index (χ2v) is 7.79. The van der Waals surface area contributed by atoms with Gasteiger partial charge < -0.3 is 10.2 Å². The minimum absolute atomic E-state index is 0.766. The molecule has 2 bridgehead atoms. The van der Waals surface area contributed by atoms with Crippen molar-refractivity contribution >= 4 is 0 Å². The number of hydrogen-bond acceptors (Lipinski definition) is 3. The van der Waals surface area contributed by atoms with E-state index in [1.807, 2.05) is 0 Å². The Bertz CT molecular complexity index is 318. The summed E-state index contributed by atoms with van der Waals surface area (Å²) >= 11 is 0. The molecule has 0 aromatic carbocycles. The highest BCUT2D eigenvalue weighted by atomic mass is 15.3. The Kier molecular flexibility index (Phi) is 5.23. The fourth-order valence-electron chi connectivity index (χ4n) is 5.12. The van der Waals surface area contributed by atoms with Crippen LogP contribution in [0.1, 0.15) is 65.2 Å². The first-order chi connectivity index (χ1) is 10.2. The zero-order chi connectivity index (χ0) is 14.8. The van der Waals surface area contributed by atoms with E-state index < -0.39 is 0 Å². The zero-order valence-corrected chi connectivity index (χ0v) is 14.4. The van der Waals surface area contributed by atoms with Crippen LogP contribution in [0.2, 0.25) is 0 Å². The normalized spacial score (nSPS) is 42.1. The van der Waals surface area contributed by atoms with Crippen LogP contribution in [0.3, 0.4) is 0 Å². The third-order valence-corrected chi connectivity index (χ3v) is 6.39. The maximum absolute atomic E-state index is 3.74. The lowest BCUT2D eigenvalue weighted by atomic mass is 9.80. The molecule has 3 aliphatic rings. The van der Waals surface area contributed by atoms with Gasteiger partial charge in [0.05, 0.1) is 0 Å². The van der Waals surface area contributed by atoms with Crippen LogP contribution in [0.25, 0.3) is 0 Å². The Morgan fingerprint density at radius 1 is 1.00 bits per heavy atom. The van der Waals surface area contributed by atoms with E-state index >= 15 is 0 Å². The highest BCUT2D eigenvalue weighted by Gasteiger charge is 2.40. The third-order valence-electron chi connectivity index (χ3n) is 6.39. The van der Waals surface area contributed by atoms with Crippen molar-refractivity contribution in [2.45, 2.75) is 95.4 Å². The van der Waals surface area contributed by atoms with Crippen LogP contribution in [0, 0.1) is 0 Å². The van der Waals surface area contributed by atoms with E-state index in [0.29, 0.717) is 0 Å². The predicted molar refractivity (Wildman–Crippen MR) is 89.7 cm³/mol. The summed E-state index contributed by atoms with van der Waals surface area (Å²) in [6.07, 6.45) is 11.1. The molecule has 3 rings (SSSR count). The molecular weight excluding hydrogens is 258 g/mol. The van der Waals surface area contributed by atoms with E-state index in [-0.39, 0.29) is 0 Å². The maximum atomic E-state index is 3.74. The molecule has 1 N–H and O–H groups in total. The third kappa shape index (κ3) is 3.46.